The van der Waals surface area contributed by atoms with Crippen molar-refractivity contribution in [2.24, 2.45) is 0 Å². The molecule has 0 aromatic heterocycles. The molecule has 1 aromatic rings. The molecular weight excluding hydrogens is 490 g/mol. The largest absolute Gasteiger partial charge is 0.465 e. The molecule has 0 fully saturated rings. The van der Waals surface area contributed by atoms with E-state index < -0.39 is 5.97 Å². The van der Waals surface area contributed by atoms with Crippen LogP contribution in [0.5, 0.6) is 0 Å². The van der Waals surface area contributed by atoms with E-state index in [4.69, 9.17) is 0 Å². The highest BCUT2D eigenvalue weighted by atomic mass is 127. The molecule has 0 aliphatic heterocycles. The number of ether oxygens (including phenoxy) is 1. The fourth-order valence-electron chi connectivity index (χ4n) is 1.40. The Kier molecular flexibility index (Phi) is 7.19. The normalized spacial score (nSPS) is 9.75. The van der Waals surface area contributed by atoms with Crippen molar-refractivity contribution in [3.63, 3.8) is 0 Å². The van der Waals surface area contributed by atoms with Gasteiger partial charge in [0.25, 0.3) is 0 Å². The van der Waals surface area contributed by atoms with Crippen molar-refractivity contribution >= 4 is 74.3 Å². The van der Waals surface area contributed by atoms with Crippen LogP contribution >= 0.6 is 45.2 Å². The molecule has 0 unspecified atom stereocenters. The van der Waals surface area contributed by atoms with E-state index >= 15 is 0 Å². The maximum atomic E-state index is 11.6. The van der Waals surface area contributed by atoms with Crippen LogP contribution in [0.4, 0.5) is 11.4 Å². The van der Waals surface area contributed by atoms with Gasteiger partial charge in [-0.1, -0.05) is 45.2 Å². The molecule has 0 radical (unpaired) electrons. The molecule has 20 heavy (non-hydrogen) atoms. The molecule has 1 aromatic carbocycles. The molecule has 0 aliphatic rings. The first-order chi connectivity index (χ1) is 9.49. The minimum atomic E-state index is -0.541. The van der Waals surface area contributed by atoms with Crippen molar-refractivity contribution < 1.29 is 19.1 Å². The maximum absolute atomic E-state index is 11.6. The summed E-state index contributed by atoms with van der Waals surface area (Å²) in [6.07, 6.45) is 0. The molecule has 8 heteroatoms. The van der Waals surface area contributed by atoms with E-state index in [-0.39, 0.29) is 26.2 Å². The number of anilines is 2. The highest BCUT2D eigenvalue weighted by Crippen LogP contribution is 2.20. The Hall–Kier alpha value is -0.910. The second kappa shape index (κ2) is 8.39. The van der Waals surface area contributed by atoms with Crippen LogP contribution < -0.4 is 10.6 Å². The average Bonchev–Trinajstić information content (AvgIpc) is 2.45. The van der Waals surface area contributed by atoms with Crippen molar-refractivity contribution in [3.05, 3.63) is 23.8 Å². The molecule has 0 bridgehead atoms. The zero-order valence-electron chi connectivity index (χ0n) is 10.5. The standard InChI is InChI=1S/C12H12I2N2O4/c1-20-12(19)7-2-8(15-10(17)5-13)4-9(3-7)16-11(18)6-14/h2-4H,5-6H2,1H3,(H,15,17)(H,16,18). The smallest absolute Gasteiger partial charge is 0.337 e. The molecule has 1 rings (SSSR count). The van der Waals surface area contributed by atoms with Gasteiger partial charge in [0, 0.05) is 11.4 Å². The Morgan fingerprint density at radius 3 is 1.80 bits per heavy atom. The van der Waals surface area contributed by atoms with Gasteiger partial charge < -0.3 is 15.4 Å². The predicted octanol–water partition coefficient (Wildman–Crippen LogP) is 2.22. The quantitative estimate of drug-likeness (QED) is 0.368. The van der Waals surface area contributed by atoms with Crippen LogP contribution in [0.3, 0.4) is 0 Å². The monoisotopic (exact) mass is 502 g/mol. The first-order valence-electron chi connectivity index (χ1n) is 5.45. The van der Waals surface area contributed by atoms with Crippen LogP contribution in [0.25, 0.3) is 0 Å². The summed E-state index contributed by atoms with van der Waals surface area (Å²) in [4.78, 5) is 34.4. The van der Waals surface area contributed by atoms with E-state index in [0.717, 1.165) is 0 Å². The minimum Gasteiger partial charge on any atom is -0.465 e. The van der Waals surface area contributed by atoms with Gasteiger partial charge in [-0.25, -0.2) is 4.79 Å². The number of alkyl halides is 2. The molecular formula is C12H12I2N2O4. The Bertz CT molecular complexity index is 498. The zero-order chi connectivity index (χ0) is 15.1. The fraction of sp³-hybridized carbons (Fsp3) is 0.250. The van der Waals surface area contributed by atoms with E-state index in [1.54, 1.807) is 6.07 Å². The van der Waals surface area contributed by atoms with Crippen LogP contribution in [-0.2, 0) is 14.3 Å². The average molecular weight is 502 g/mol. The van der Waals surface area contributed by atoms with Gasteiger partial charge in [-0.15, -0.1) is 0 Å². The van der Waals surface area contributed by atoms with Gasteiger partial charge in [-0.3, -0.25) is 9.59 Å². The Morgan fingerprint density at radius 2 is 1.45 bits per heavy atom. The second-order valence-corrected chi connectivity index (χ2v) is 5.18. The molecule has 6 nitrogen and oxygen atoms in total. The van der Waals surface area contributed by atoms with Gasteiger partial charge in [0.05, 0.1) is 21.5 Å². The third-order valence-corrected chi connectivity index (χ3v) is 3.55. The van der Waals surface area contributed by atoms with Crippen LogP contribution in [0.1, 0.15) is 10.4 Å². The molecule has 2 N–H and O–H groups in total. The van der Waals surface area contributed by atoms with Crippen molar-refractivity contribution in [1.82, 2.24) is 0 Å². The molecule has 0 spiro atoms. The van der Waals surface area contributed by atoms with Crippen molar-refractivity contribution in [3.8, 4) is 0 Å². The van der Waals surface area contributed by atoms with Gasteiger partial charge in [-0.05, 0) is 18.2 Å². The van der Waals surface area contributed by atoms with Crippen LogP contribution in [0.15, 0.2) is 18.2 Å². The number of carbonyl (C=O) groups excluding carboxylic acids is 3. The number of carbonyl (C=O) groups is 3. The summed E-state index contributed by atoms with van der Waals surface area (Å²) in [6, 6.07) is 4.58. The lowest BCUT2D eigenvalue weighted by Gasteiger charge is -2.10. The number of hydrogen-bond donors (Lipinski definition) is 2. The third-order valence-electron chi connectivity index (χ3n) is 2.16. The number of hydrogen-bond acceptors (Lipinski definition) is 4. The minimum absolute atomic E-state index is 0.196. The Morgan fingerprint density at radius 1 is 1.00 bits per heavy atom. The number of halogens is 2. The molecule has 108 valence electrons. The van der Waals surface area contributed by atoms with Crippen molar-refractivity contribution in [2.45, 2.75) is 0 Å². The number of esters is 1. The van der Waals surface area contributed by atoms with Crippen LogP contribution in [-0.4, -0.2) is 33.7 Å². The molecule has 0 heterocycles. The summed E-state index contributed by atoms with van der Waals surface area (Å²) in [5.41, 5.74) is 1.11. The molecule has 0 atom stereocenters. The SMILES string of the molecule is COC(=O)c1cc(NC(=O)CI)cc(NC(=O)CI)c1. The van der Waals surface area contributed by atoms with Gasteiger partial charge in [0.1, 0.15) is 0 Å². The lowest BCUT2D eigenvalue weighted by Crippen LogP contribution is -2.16. The summed E-state index contributed by atoms with van der Waals surface area (Å²) in [5, 5.41) is 5.27. The van der Waals surface area contributed by atoms with E-state index in [1.165, 1.54) is 19.2 Å². The maximum Gasteiger partial charge on any atom is 0.337 e. The zero-order valence-corrected chi connectivity index (χ0v) is 14.9. The highest BCUT2D eigenvalue weighted by Gasteiger charge is 2.11. The van der Waals surface area contributed by atoms with Crippen LogP contribution in [0.2, 0.25) is 0 Å². The number of nitrogens with one attached hydrogen (secondary N) is 2. The summed E-state index contributed by atoms with van der Waals surface area (Å²) >= 11 is 3.86. The summed E-state index contributed by atoms with van der Waals surface area (Å²) in [7, 11) is 1.27. The second-order valence-electron chi connectivity index (χ2n) is 3.65. The van der Waals surface area contributed by atoms with E-state index in [0.29, 0.717) is 11.4 Å². The van der Waals surface area contributed by atoms with Crippen LogP contribution in [0, 0.1) is 0 Å². The van der Waals surface area contributed by atoms with Gasteiger partial charge in [-0.2, -0.15) is 0 Å². The molecule has 2 amide bonds. The van der Waals surface area contributed by atoms with Gasteiger partial charge in [0.15, 0.2) is 0 Å². The van der Waals surface area contributed by atoms with Gasteiger partial charge in [0.2, 0.25) is 11.8 Å². The van der Waals surface area contributed by atoms with Gasteiger partial charge >= 0.3 is 5.97 Å². The molecule has 0 aliphatic carbocycles. The van der Waals surface area contributed by atoms with E-state index in [9.17, 15) is 14.4 Å². The number of benzene rings is 1. The predicted molar refractivity (Wildman–Crippen MR) is 92.8 cm³/mol. The summed E-state index contributed by atoms with van der Waals surface area (Å²) in [5.74, 6) is -0.932. The lowest BCUT2D eigenvalue weighted by atomic mass is 10.1. The highest BCUT2D eigenvalue weighted by molar-refractivity contribution is 14.1. The number of rotatable bonds is 5. The number of amides is 2. The van der Waals surface area contributed by atoms with E-state index in [1.807, 2.05) is 45.2 Å². The molecule has 0 saturated carbocycles. The van der Waals surface area contributed by atoms with Crippen molar-refractivity contribution in [2.75, 3.05) is 26.6 Å². The lowest BCUT2D eigenvalue weighted by molar-refractivity contribution is -0.114. The Labute approximate surface area is 143 Å². The molecule has 0 saturated heterocycles. The van der Waals surface area contributed by atoms with E-state index in [2.05, 4.69) is 15.4 Å². The number of methoxy groups -OCH3 is 1. The summed E-state index contributed by atoms with van der Waals surface area (Å²) in [6.45, 7) is 0. The topological polar surface area (TPSA) is 84.5 Å². The third kappa shape index (κ3) is 5.23. The Balaban J connectivity index is 3.10. The fourth-order valence-corrected chi connectivity index (χ4v) is 1.78. The summed E-state index contributed by atoms with van der Waals surface area (Å²) < 4.78 is 5.22. The first-order valence-corrected chi connectivity index (χ1v) is 8.50. The van der Waals surface area contributed by atoms with Crippen molar-refractivity contribution in [1.29, 1.82) is 0 Å². The first kappa shape index (κ1) is 17.1.